The van der Waals surface area contributed by atoms with Gasteiger partial charge in [0.25, 0.3) is 5.91 Å². The highest BCUT2D eigenvalue weighted by molar-refractivity contribution is 6.19. The number of benzene rings is 2. The number of esters is 1. The molecule has 1 N–H and O–H groups in total. The van der Waals surface area contributed by atoms with Gasteiger partial charge in [0.15, 0.2) is 6.61 Å². The van der Waals surface area contributed by atoms with Crippen LogP contribution in [0.15, 0.2) is 48.5 Å². The van der Waals surface area contributed by atoms with Gasteiger partial charge in [0.2, 0.25) is 11.8 Å². The van der Waals surface area contributed by atoms with Gasteiger partial charge >= 0.3 is 5.97 Å². The average molecular weight is 406 g/mol. The quantitative estimate of drug-likeness (QED) is 0.609. The van der Waals surface area contributed by atoms with Gasteiger partial charge in [-0.3, -0.25) is 19.3 Å². The third-order valence-corrected chi connectivity index (χ3v) is 5.45. The highest BCUT2D eigenvalue weighted by Gasteiger charge is 2.30. The zero-order valence-electron chi connectivity index (χ0n) is 16.4. The van der Waals surface area contributed by atoms with Crippen molar-refractivity contribution < 1.29 is 23.9 Å². The first-order chi connectivity index (χ1) is 14.5. The number of carbonyl (C=O) groups is 4. The molecule has 0 bridgehead atoms. The van der Waals surface area contributed by atoms with Gasteiger partial charge in [-0.1, -0.05) is 24.3 Å². The second-order valence-corrected chi connectivity index (χ2v) is 7.46. The Kier molecular flexibility index (Phi) is 5.61. The molecule has 1 atom stereocenters. The summed E-state index contributed by atoms with van der Waals surface area (Å²) >= 11 is 0. The third kappa shape index (κ3) is 4.10. The molecule has 3 amide bonds. The van der Waals surface area contributed by atoms with E-state index in [1.807, 2.05) is 18.2 Å². The van der Waals surface area contributed by atoms with Crippen LogP contribution >= 0.6 is 0 Å². The second kappa shape index (κ2) is 8.49. The minimum Gasteiger partial charge on any atom is -0.452 e. The van der Waals surface area contributed by atoms with E-state index in [4.69, 9.17) is 4.74 Å². The van der Waals surface area contributed by atoms with E-state index in [1.165, 1.54) is 29.8 Å². The predicted molar refractivity (Wildman–Crippen MR) is 109 cm³/mol. The first-order valence-electron chi connectivity index (χ1n) is 10.0. The van der Waals surface area contributed by atoms with Crippen LogP contribution in [0.5, 0.6) is 0 Å². The molecule has 7 heteroatoms. The van der Waals surface area contributed by atoms with Crippen LogP contribution in [-0.2, 0) is 25.5 Å². The average Bonchev–Trinajstić information content (AvgIpc) is 3.10. The first-order valence-corrected chi connectivity index (χ1v) is 10.0. The van der Waals surface area contributed by atoms with Crippen LogP contribution in [0.2, 0.25) is 0 Å². The van der Waals surface area contributed by atoms with Crippen molar-refractivity contribution in [1.82, 2.24) is 5.32 Å². The first kappa shape index (κ1) is 19.8. The van der Waals surface area contributed by atoms with Crippen LogP contribution < -0.4 is 10.2 Å². The van der Waals surface area contributed by atoms with Crippen LogP contribution in [0.4, 0.5) is 5.69 Å². The minimum absolute atomic E-state index is 0.0732. The molecule has 0 saturated carbocycles. The number of fused-ring (bicyclic) bond motifs is 1. The van der Waals surface area contributed by atoms with Gasteiger partial charge in [0, 0.05) is 12.8 Å². The normalized spacial score (nSPS) is 18.1. The Morgan fingerprint density at radius 2 is 1.67 bits per heavy atom. The van der Waals surface area contributed by atoms with Gasteiger partial charge in [-0.15, -0.1) is 0 Å². The van der Waals surface area contributed by atoms with E-state index in [1.54, 1.807) is 0 Å². The molecule has 1 fully saturated rings. The Morgan fingerprint density at radius 3 is 2.40 bits per heavy atom. The van der Waals surface area contributed by atoms with E-state index in [-0.39, 0.29) is 48.8 Å². The van der Waals surface area contributed by atoms with Gasteiger partial charge in [0.05, 0.1) is 17.3 Å². The van der Waals surface area contributed by atoms with Crippen molar-refractivity contribution in [1.29, 1.82) is 0 Å². The van der Waals surface area contributed by atoms with Crippen LogP contribution in [0.3, 0.4) is 0 Å². The van der Waals surface area contributed by atoms with E-state index in [0.29, 0.717) is 5.69 Å². The van der Waals surface area contributed by atoms with Crippen molar-refractivity contribution in [2.45, 2.75) is 38.1 Å². The molecule has 154 valence electrons. The summed E-state index contributed by atoms with van der Waals surface area (Å²) in [5, 5.41) is 2.94. The third-order valence-electron chi connectivity index (χ3n) is 5.45. The number of rotatable bonds is 5. The maximum Gasteiger partial charge on any atom is 0.338 e. The van der Waals surface area contributed by atoms with Gasteiger partial charge in [-0.05, 0) is 54.7 Å². The Hall–Kier alpha value is -3.48. The molecule has 1 aliphatic heterocycles. The molecular weight excluding hydrogens is 384 g/mol. The Bertz CT molecular complexity index is 983. The summed E-state index contributed by atoms with van der Waals surface area (Å²) in [7, 11) is 0. The van der Waals surface area contributed by atoms with E-state index >= 15 is 0 Å². The van der Waals surface area contributed by atoms with Gasteiger partial charge in [-0.25, -0.2) is 4.79 Å². The predicted octanol–water partition coefficient (Wildman–Crippen LogP) is 2.69. The number of nitrogens with zero attached hydrogens (tertiary/aromatic N) is 1. The number of anilines is 1. The maximum atomic E-state index is 12.3. The molecular formula is C23H22N2O5. The number of nitrogens with one attached hydrogen (secondary N) is 1. The molecule has 0 radical (unpaired) electrons. The van der Waals surface area contributed by atoms with Gasteiger partial charge in [0.1, 0.15) is 0 Å². The smallest absolute Gasteiger partial charge is 0.338 e. The number of carbonyl (C=O) groups excluding carboxylic acids is 4. The summed E-state index contributed by atoms with van der Waals surface area (Å²) in [6.07, 6.45) is 3.25. The Balaban J connectivity index is 1.32. The molecule has 7 nitrogen and oxygen atoms in total. The van der Waals surface area contributed by atoms with E-state index < -0.39 is 5.97 Å². The van der Waals surface area contributed by atoms with Gasteiger partial charge in [-0.2, -0.15) is 0 Å². The highest BCUT2D eigenvalue weighted by Crippen LogP contribution is 2.29. The fraction of sp³-hybridized carbons (Fsp3) is 0.304. The fourth-order valence-electron chi connectivity index (χ4n) is 3.97. The molecule has 0 spiro atoms. The summed E-state index contributed by atoms with van der Waals surface area (Å²) in [5.74, 6) is -1.50. The standard InChI is InChI=1S/C23H22N2O5/c26-20(24-19-7-3-5-15-4-1-2-6-18(15)19)14-30-23(29)16-8-10-17(11-9-16)25-21(27)12-13-22(25)28/h1-2,4,6,8-11,19H,3,5,7,12-14H2,(H,24,26)/t19-/m0/s1. The van der Waals surface area contributed by atoms with Crippen molar-refractivity contribution in [3.8, 4) is 0 Å². The SMILES string of the molecule is O=C(COC(=O)c1ccc(N2C(=O)CCC2=O)cc1)N[C@H]1CCCc2ccccc21. The molecule has 30 heavy (non-hydrogen) atoms. The number of hydrogen-bond acceptors (Lipinski definition) is 5. The Labute approximate surface area is 174 Å². The minimum atomic E-state index is -0.639. The van der Waals surface area contributed by atoms with Crippen LogP contribution in [0.1, 0.15) is 53.2 Å². The summed E-state index contributed by atoms with van der Waals surface area (Å²) in [5.41, 5.74) is 3.02. The van der Waals surface area contributed by atoms with Crippen molar-refractivity contribution in [3.05, 3.63) is 65.2 Å². The zero-order valence-corrected chi connectivity index (χ0v) is 16.4. The molecule has 4 rings (SSSR count). The molecule has 1 heterocycles. The Morgan fingerprint density at radius 1 is 0.967 bits per heavy atom. The molecule has 2 aliphatic rings. The van der Waals surface area contributed by atoms with Gasteiger partial charge < -0.3 is 10.1 Å². The molecule has 0 unspecified atom stereocenters. The molecule has 1 saturated heterocycles. The lowest BCUT2D eigenvalue weighted by atomic mass is 9.88. The molecule has 1 aliphatic carbocycles. The molecule has 2 aromatic carbocycles. The number of amides is 3. The summed E-state index contributed by atoms with van der Waals surface area (Å²) in [6, 6.07) is 14.0. The van der Waals surface area contributed by atoms with E-state index in [9.17, 15) is 19.2 Å². The largest absolute Gasteiger partial charge is 0.452 e. The summed E-state index contributed by atoms with van der Waals surface area (Å²) in [6.45, 7) is -0.373. The lowest BCUT2D eigenvalue weighted by molar-refractivity contribution is -0.125. The van der Waals surface area contributed by atoms with Crippen molar-refractivity contribution in [2.75, 3.05) is 11.5 Å². The van der Waals surface area contributed by atoms with Crippen LogP contribution in [-0.4, -0.2) is 30.3 Å². The molecule has 2 aromatic rings. The topological polar surface area (TPSA) is 92.8 Å². The van der Waals surface area contributed by atoms with E-state index in [2.05, 4.69) is 11.4 Å². The van der Waals surface area contributed by atoms with Crippen LogP contribution in [0, 0.1) is 0 Å². The van der Waals surface area contributed by atoms with E-state index in [0.717, 1.165) is 29.7 Å². The highest BCUT2D eigenvalue weighted by atomic mass is 16.5. The van der Waals surface area contributed by atoms with Crippen LogP contribution in [0.25, 0.3) is 0 Å². The monoisotopic (exact) mass is 406 g/mol. The zero-order chi connectivity index (χ0) is 21.1. The fourth-order valence-corrected chi connectivity index (χ4v) is 3.97. The van der Waals surface area contributed by atoms with Crippen molar-refractivity contribution in [2.24, 2.45) is 0 Å². The maximum absolute atomic E-state index is 12.3. The lowest BCUT2D eigenvalue weighted by Gasteiger charge is -2.26. The number of hydrogen-bond donors (Lipinski definition) is 1. The lowest BCUT2D eigenvalue weighted by Crippen LogP contribution is -2.34. The molecule has 0 aromatic heterocycles. The summed E-state index contributed by atoms with van der Waals surface area (Å²) in [4.78, 5) is 49.2. The number of imide groups is 1. The van der Waals surface area contributed by atoms with Crippen molar-refractivity contribution >= 4 is 29.4 Å². The second-order valence-electron chi connectivity index (χ2n) is 7.46. The number of aryl methyl sites for hydroxylation is 1. The van der Waals surface area contributed by atoms with Crippen molar-refractivity contribution in [3.63, 3.8) is 0 Å². The summed E-state index contributed by atoms with van der Waals surface area (Å²) < 4.78 is 5.13. The number of ether oxygens (including phenoxy) is 1.